The number of aryl methyl sites for hydroxylation is 1. The number of hydrogen-bond donors (Lipinski definition) is 1. The summed E-state index contributed by atoms with van der Waals surface area (Å²) in [5.41, 5.74) is 1.54. The summed E-state index contributed by atoms with van der Waals surface area (Å²) in [6.45, 7) is 1.17. The highest BCUT2D eigenvalue weighted by molar-refractivity contribution is 7.89. The third-order valence-electron chi connectivity index (χ3n) is 5.57. The van der Waals surface area contributed by atoms with Crippen molar-refractivity contribution < 1.29 is 13.2 Å². The molecule has 1 saturated heterocycles. The van der Waals surface area contributed by atoms with E-state index in [4.69, 9.17) is 0 Å². The second-order valence-corrected chi connectivity index (χ2v) is 9.82. The third kappa shape index (κ3) is 5.41. The van der Waals surface area contributed by atoms with Gasteiger partial charge in [0.1, 0.15) is 12.1 Å². The molecule has 1 fully saturated rings. The zero-order valence-corrected chi connectivity index (χ0v) is 18.7. The predicted octanol–water partition coefficient (Wildman–Crippen LogP) is 3.40. The number of anilines is 1. The van der Waals surface area contributed by atoms with Gasteiger partial charge >= 0.3 is 0 Å². The van der Waals surface area contributed by atoms with E-state index in [1.165, 1.54) is 0 Å². The van der Waals surface area contributed by atoms with Crippen LogP contribution in [0.2, 0.25) is 0 Å². The minimum atomic E-state index is -3.45. The van der Waals surface area contributed by atoms with Crippen LogP contribution in [0.3, 0.4) is 0 Å². The second-order valence-electron chi connectivity index (χ2n) is 7.89. The van der Waals surface area contributed by atoms with Crippen LogP contribution in [0, 0.1) is 0 Å². The first-order chi connectivity index (χ1) is 15.5. The van der Waals surface area contributed by atoms with Crippen molar-refractivity contribution in [2.24, 2.45) is 0 Å². The van der Waals surface area contributed by atoms with Gasteiger partial charge in [-0.2, -0.15) is 4.31 Å². The normalized spacial score (nSPS) is 15.2. The number of rotatable bonds is 7. The Morgan fingerprint density at radius 2 is 1.75 bits per heavy atom. The molecule has 0 radical (unpaired) electrons. The fourth-order valence-electron chi connectivity index (χ4n) is 3.75. The zero-order valence-electron chi connectivity index (χ0n) is 17.9. The molecule has 1 aliphatic heterocycles. The lowest BCUT2D eigenvalue weighted by Crippen LogP contribution is -2.31. The Hall–Kier alpha value is -3.04. The maximum absolute atomic E-state index is 12.9. The van der Waals surface area contributed by atoms with Gasteiger partial charge in [-0.05, 0) is 49.1 Å². The summed E-state index contributed by atoms with van der Waals surface area (Å²) in [6.07, 6.45) is 11.5. The van der Waals surface area contributed by atoms with E-state index in [0.29, 0.717) is 36.5 Å². The number of sulfonamides is 1. The van der Waals surface area contributed by atoms with Gasteiger partial charge in [-0.15, -0.1) is 0 Å². The Morgan fingerprint density at radius 3 is 2.38 bits per heavy atom. The van der Waals surface area contributed by atoms with Crippen LogP contribution in [-0.4, -0.2) is 46.3 Å². The minimum absolute atomic E-state index is 0.122. The molecule has 1 N–H and O–H groups in total. The summed E-state index contributed by atoms with van der Waals surface area (Å²) in [7, 11) is -3.45. The smallest absolute Gasteiger partial charge is 0.243 e. The highest BCUT2D eigenvalue weighted by atomic mass is 32.2. The Kier molecular flexibility index (Phi) is 6.96. The molecule has 0 bridgehead atoms. The van der Waals surface area contributed by atoms with Crippen LogP contribution >= 0.6 is 0 Å². The quantitative estimate of drug-likeness (QED) is 0.591. The Bertz CT molecular complexity index is 1120. The molecule has 3 heterocycles. The van der Waals surface area contributed by atoms with Crippen molar-refractivity contribution in [3.05, 3.63) is 66.9 Å². The molecule has 32 heavy (non-hydrogen) atoms. The fraction of sp³-hybridized carbons (Fsp3) is 0.348. The summed E-state index contributed by atoms with van der Waals surface area (Å²) in [5, 5.41) is 2.84. The van der Waals surface area contributed by atoms with Crippen molar-refractivity contribution in [2.45, 2.75) is 43.4 Å². The molecule has 4 rings (SSSR count). The number of carbonyl (C=O) groups excluding carboxylic acids is 1. The summed E-state index contributed by atoms with van der Waals surface area (Å²) in [6, 6.07) is 10.5. The van der Waals surface area contributed by atoms with E-state index < -0.39 is 10.0 Å². The number of hydrogen-bond acceptors (Lipinski definition) is 5. The summed E-state index contributed by atoms with van der Waals surface area (Å²) < 4.78 is 29.1. The topological polar surface area (TPSA) is 97.2 Å². The van der Waals surface area contributed by atoms with Gasteiger partial charge in [0.15, 0.2) is 0 Å². The molecule has 0 aliphatic carbocycles. The standard InChI is InChI=1S/C23H27N5O3S/c29-23(26-20-8-11-22(25-17-20)27-16-13-24-18-27)12-7-19-5-9-21(10-6-19)32(30,31)28-14-3-1-2-4-15-28/h5-6,8-11,13,16-18H,1-4,7,12,14-15H2,(H,26,29). The molecule has 0 atom stereocenters. The molecule has 0 spiro atoms. The van der Waals surface area contributed by atoms with Crippen LogP contribution < -0.4 is 5.32 Å². The van der Waals surface area contributed by atoms with Crippen LogP contribution in [-0.2, 0) is 21.2 Å². The Labute approximate surface area is 188 Å². The van der Waals surface area contributed by atoms with Crippen molar-refractivity contribution in [3.8, 4) is 5.82 Å². The van der Waals surface area contributed by atoms with Gasteiger partial charge in [0.2, 0.25) is 15.9 Å². The summed E-state index contributed by atoms with van der Waals surface area (Å²) >= 11 is 0. The van der Waals surface area contributed by atoms with Crippen molar-refractivity contribution in [1.82, 2.24) is 18.8 Å². The molecule has 1 amide bonds. The molecular formula is C23H27N5O3S. The summed E-state index contributed by atoms with van der Waals surface area (Å²) in [5.74, 6) is 0.596. The lowest BCUT2D eigenvalue weighted by molar-refractivity contribution is -0.116. The lowest BCUT2D eigenvalue weighted by atomic mass is 10.1. The fourth-order valence-corrected chi connectivity index (χ4v) is 5.26. The van der Waals surface area contributed by atoms with E-state index >= 15 is 0 Å². The van der Waals surface area contributed by atoms with Crippen molar-refractivity contribution >= 4 is 21.6 Å². The maximum Gasteiger partial charge on any atom is 0.243 e. The maximum atomic E-state index is 12.9. The van der Waals surface area contributed by atoms with E-state index in [-0.39, 0.29) is 5.91 Å². The molecule has 1 aliphatic rings. The SMILES string of the molecule is O=C(CCc1ccc(S(=O)(=O)N2CCCCCC2)cc1)Nc1ccc(-n2ccnc2)nc1. The highest BCUT2D eigenvalue weighted by Gasteiger charge is 2.24. The van der Waals surface area contributed by atoms with E-state index in [1.54, 1.807) is 70.2 Å². The molecular weight excluding hydrogens is 426 g/mol. The average Bonchev–Trinajstić information content (AvgIpc) is 3.20. The molecule has 3 aromatic rings. The number of benzene rings is 1. The van der Waals surface area contributed by atoms with Gasteiger partial charge in [0, 0.05) is 31.9 Å². The Morgan fingerprint density at radius 1 is 1.00 bits per heavy atom. The van der Waals surface area contributed by atoms with Gasteiger partial charge in [-0.1, -0.05) is 25.0 Å². The van der Waals surface area contributed by atoms with Crippen LogP contribution in [0.1, 0.15) is 37.7 Å². The van der Waals surface area contributed by atoms with Crippen LogP contribution in [0.25, 0.3) is 5.82 Å². The largest absolute Gasteiger partial charge is 0.325 e. The molecule has 168 valence electrons. The number of imidazole rings is 1. The number of carbonyl (C=O) groups is 1. The van der Waals surface area contributed by atoms with Gasteiger partial charge in [0.05, 0.1) is 16.8 Å². The number of pyridine rings is 1. The average molecular weight is 454 g/mol. The molecule has 2 aromatic heterocycles. The predicted molar refractivity (Wildman–Crippen MR) is 122 cm³/mol. The first kappa shape index (κ1) is 22.2. The zero-order chi connectivity index (χ0) is 22.4. The number of nitrogens with zero attached hydrogens (tertiary/aromatic N) is 4. The monoisotopic (exact) mass is 453 g/mol. The number of aromatic nitrogens is 3. The first-order valence-electron chi connectivity index (χ1n) is 10.9. The molecule has 0 unspecified atom stereocenters. The Balaban J connectivity index is 1.30. The van der Waals surface area contributed by atoms with E-state index in [2.05, 4.69) is 15.3 Å². The van der Waals surface area contributed by atoms with Crippen LogP contribution in [0.5, 0.6) is 0 Å². The molecule has 0 saturated carbocycles. The molecule has 1 aromatic carbocycles. The van der Waals surface area contributed by atoms with Crippen molar-refractivity contribution in [2.75, 3.05) is 18.4 Å². The van der Waals surface area contributed by atoms with Gasteiger partial charge in [-0.3, -0.25) is 9.36 Å². The summed E-state index contributed by atoms with van der Waals surface area (Å²) in [4.78, 5) is 20.9. The van der Waals surface area contributed by atoms with Crippen LogP contribution in [0.15, 0.2) is 66.2 Å². The number of amides is 1. The second kappa shape index (κ2) is 10.1. The highest BCUT2D eigenvalue weighted by Crippen LogP contribution is 2.21. The molecule has 8 nitrogen and oxygen atoms in total. The van der Waals surface area contributed by atoms with Gasteiger partial charge < -0.3 is 5.32 Å². The van der Waals surface area contributed by atoms with Crippen molar-refractivity contribution in [1.29, 1.82) is 0 Å². The first-order valence-corrected chi connectivity index (χ1v) is 12.3. The minimum Gasteiger partial charge on any atom is -0.325 e. The lowest BCUT2D eigenvalue weighted by Gasteiger charge is -2.20. The van der Waals surface area contributed by atoms with Crippen molar-refractivity contribution in [3.63, 3.8) is 0 Å². The number of nitrogens with one attached hydrogen (secondary N) is 1. The van der Waals surface area contributed by atoms with E-state index in [0.717, 1.165) is 37.1 Å². The van der Waals surface area contributed by atoms with Gasteiger partial charge in [-0.25, -0.2) is 18.4 Å². The molecule has 9 heteroatoms. The van der Waals surface area contributed by atoms with E-state index in [1.807, 2.05) is 0 Å². The van der Waals surface area contributed by atoms with Crippen LogP contribution in [0.4, 0.5) is 5.69 Å². The van der Waals surface area contributed by atoms with E-state index in [9.17, 15) is 13.2 Å². The third-order valence-corrected chi connectivity index (χ3v) is 7.48. The van der Waals surface area contributed by atoms with Gasteiger partial charge in [0.25, 0.3) is 0 Å².